The van der Waals surface area contributed by atoms with Crippen LogP contribution in [-0.2, 0) is 28.9 Å². The van der Waals surface area contributed by atoms with E-state index in [-0.39, 0.29) is 18.0 Å². The smallest absolute Gasteiger partial charge is 0.337 e. The topological polar surface area (TPSA) is 90.3 Å². The number of hydrogen-bond acceptors (Lipinski definition) is 5. The fourth-order valence-electron chi connectivity index (χ4n) is 3.07. The number of benzene rings is 1. The minimum Gasteiger partial charge on any atom is -0.465 e. The number of aryl methyl sites for hydroxylation is 1. The van der Waals surface area contributed by atoms with Crippen molar-refractivity contribution in [2.75, 3.05) is 12.4 Å². The molecular weight excluding hydrogens is 334 g/mol. The zero-order chi connectivity index (χ0) is 18.7. The van der Waals surface area contributed by atoms with Crippen molar-refractivity contribution in [3.8, 4) is 0 Å². The van der Waals surface area contributed by atoms with E-state index in [4.69, 9.17) is 0 Å². The van der Waals surface area contributed by atoms with Crippen molar-refractivity contribution in [1.82, 2.24) is 9.78 Å². The van der Waals surface area contributed by atoms with Crippen molar-refractivity contribution in [3.63, 3.8) is 0 Å². The number of aromatic nitrogens is 2. The Balaban J connectivity index is 1.68. The van der Waals surface area contributed by atoms with E-state index in [0.29, 0.717) is 17.2 Å². The van der Waals surface area contributed by atoms with Crippen LogP contribution in [0.25, 0.3) is 0 Å². The van der Waals surface area contributed by atoms with E-state index >= 15 is 0 Å². The molecule has 7 heteroatoms. The van der Waals surface area contributed by atoms with Crippen molar-refractivity contribution in [1.29, 1.82) is 0 Å². The zero-order valence-corrected chi connectivity index (χ0v) is 14.8. The summed E-state index contributed by atoms with van der Waals surface area (Å²) in [5.41, 5.74) is 2.55. The summed E-state index contributed by atoms with van der Waals surface area (Å²) in [7, 11) is 1.31. The van der Waals surface area contributed by atoms with Crippen molar-refractivity contribution in [3.05, 3.63) is 57.5 Å². The summed E-state index contributed by atoms with van der Waals surface area (Å²) in [6.07, 6.45) is 2.72. The van der Waals surface area contributed by atoms with Gasteiger partial charge in [0.2, 0.25) is 5.91 Å². The van der Waals surface area contributed by atoms with Crippen molar-refractivity contribution >= 4 is 17.6 Å². The third-order valence-corrected chi connectivity index (χ3v) is 4.49. The second-order valence-corrected chi connectivity index (χ2v) is 6.58. The minimum atomic E-state index is -0.443. The van der Waals surface area contributed by atoms with Gasteiger partial charge in [-0.05, 0) is 55.0 Å². The van der Waals surface area contributed by atoms with Gasteiger partial charge < -0.3 is 10.1 Å². The van der Waals surface area contributed by atoms with E-state index in [1.54, 1.807) is 30.3 Å². The first-order chi connectivity index (χ1) is 12.5. The number of methoxy groups -OCH3 is 1. The highest BCUT2D eigenvalue weighted by Gasteiger charge is 2.18. The van der Waals surface area contributed by atoms with Crippen LogP contribution in [0.4, 0.5) is 5.69 Å². The number of nitrogens with one attached hydrogen (secondary N) is 1. The molecule has 1 heterocycles. The largest absolute Gasteiger partial charge is 0.465 e. The fourth-order valence-corrected chi connectivity index (χ4v) is 3.07. The molecule has 1 atom stereocenters. The molecule has 136 valence electrons. The van der Waals surface area contributed by atoms with Crippen LogP contribution >= 0.6 is 0 Å². The van der Waals surface area contributed by atoms with Gasteiger partial charge in [-0.25, -0.2) is 9.48 Å². The number of carbonyl (C=O) groups excluding carboxylic acids is 2. The number of fused-ring (bicyclic) bond motifs is 1. The van der Waals surface area contributed by atoms with E-state index in [0.717, 1.165) is 30.5 Å². The first kappa shape index (κ1) is 17.8. The molecule has 7 nitrogen and oxygen atoms in total. The van der Waals surface area contributed by atoms with Crippen LogP contribution < -0.4 is 10.9 Å². The molecule has 1 N–H and O–H groups in total. The highest BCUT2D eigenvalue weighted by Crippen LogP contribution is 2.22. The number of rotatable bonds is 4. The van der Waals surface area contributed by atoms with E-state index in [1.807, 2.05) is 0 Å². The Hall–Kier alpha value is -2.96. The lowest BCUT2D eigenvalue weighted by molar-refractivity contribution is -0.117. The summed E-state index contributed by atoms with van der Waals surface area (Å²) in [4.78, 5) is 35.8. The van der Waals surface area contributed by atoms with Gasteiger partial charge in [0.25, 0.3) is 5.56 Å². The lowest BCUT2D eigenvalue weighted by Crippen LogP contribution is -2.32. The molecule has 0 radical (unpaired) electrons. The van der Waals surface area contributed by atoms with E-state index in [9.17, 15) is 14.4 Å². The Labute approximate surface area is 151 Å². The van der Waals surface area contributed by atoms with Gasteiger partial charge in [-0.15, -0.1) is 0 Å². The first-order valence-electron chi connectivity index (χ1n) is 8.54. The molecule has 1 aromatic carbocycles. The standard InChI is InChI=1S/C19H21N3O4/c1-12-3-8-16-14(9-12)10-18(24)22(21-16)11-17(23)20-15-6-4-13(5-7-15)19(25)26-2/h4-7,10,12H,3,8-9,11H2,1-2H3,(H,20,23)/t12-/m1/s1. The quantitative estimate of drug-likeness (QED) is 0.845. The predicted molar refractivity (Wildman–Crippen MR) is 96.1 cm³/mol. The molecule has 26 heavy (non-hydrogen) atoms. The highest BCUT2D eigenvalue weighted by molar-refractivity contribution is 5.92. The van der Waals surface area contributed by atoms with Crippen LogP contribution in [0.1, 0.15) is 35.0 Å². The summed E-state index contributed by atoms with van der Waals surface area (Å²) >= 11 is 0. The SMILES string of the molecule is COC(=O)c1ccc(NC(=O)Cn2nc3c(cc2=O)C[C@H](C)CC3)cc1. The molecule has 1 aliphatic rings. The predicted octanol–water partition coefficient (Wildman–Crippen LogP) is 1.79. The molecule has 0 spiro atoms. The molecule has 1 amide bonds. The molecule has 0 bridgehead atoms. The lowest BCUT2D eigenvalue weighted by atomic mass is 9.88. The van der Waals surface area contributed by atoms with E-state index in [1.165, 1.54) is 11.8 Å². The number of carbonyl (C=O) groups is 2. The summed E-state index contributed by atoms with van der Waals surface area (Å²) in [5.74, 6) is -0.243. The highest BCUT2D eigenvalue weighted by atomic mass is 16.5. The molecule has 1 aromatic heterocycles. The normalized spacial score (nSPS) is 15.8. The average Bonchev–Trinajstić information content (AvgIpc) is 2.62. The van der Waals surface area contributed by atoms with Gasteiger partial charge in [0.1, 0.15) is 6.54 Å². The van der Waals surface area contributed by atoms with Gasteiger partial charge in [-0.3, -0.25) is 9.59 Å². The second kappa shape index (κ2) is 7.51. The van der Waals surface area contributed by atoms with Gasteiger partial charge >= 0.3 is 5.97 Å². The Morgan fingerprint density at radius 2 is 2.04 bits per heavy atom. The van der Waals surface area contributed by atoms with Crippen LogP contribution in [0.3, 0.4) is 0 Å². The van der Waals surface area contributed by atoms with Crippen molar-refractivity contribution in [2.24, 2.45) is 5.92 Å². The fraction of sp³-hybridized carbons (Fsp3) is 0.368. The monoisotopic (exact) mass is 355 g/mol. The molecule has 0 fully saturated rings. The van der Waals surface area contributed by atoms with E-state index < -0.39 is 5.97 Å². The summed E-state index contributed by atoms with van der Waals surface area (Å²) < 4.78 is 5.83. The summed E-state index contributed by atoms with van der Waals surface area (Å²) in [6, 6.07) is 7.93. The number of ether oxygens (including phenoxy) is 1. The number of esters is 1. The van der Waals surface area contributed by atoms with Crippen LogP contribution in [0.5, 0.6) is 0 Å². The molecule has 3 rings (SSSR count). The summed E-state index contributed by atoms with van der Waals surface area (Å²) in [5, 5.41) is 7.06. The third-order valence-electron chi connectivity index (χ3n) is 4.49. The van der Waals surface area contributed by atoms with Crippen molar-refractivity contribution in [2.45, 2.75) is 32.7 Å². The second-order valence-electron chi connectivity index (χ2n) is 6.58. The number of hydrogen-bond donors (Lipinski definition) is 1. The maximum atomic E-state index is 12.2. The van der Waals surface area contributed by atoms with Gasteiger partial charge in [0, 0.05) is 11.8 Å². The molecule has 0 saturated carbocycles. The Kier molecular flexibility index (Phi) is 5.16. The van der Waals surface area contributed by atoms with Gasteiger partial charge in [0.05, 0.1) is 18.4 Å². The number of anilines is 1. The average molecular weight is 355 g/mol. The third kappa shape index (κ3) is 3.99. The first-order valence-corrected chi connectivity index (χ1v) is 8.54. The maximum Gasteiger partial charge on any atom is 0.337 e. The molecular formula is C19H21N3O4. The van der Waals surface area contributed by atoms with Crippen LogP contribution in [0, 0.1) is 5.92 Å². The summed E-state index contributed by atoms with van der Waals surface area (Å²) in [6.45, 7) is 2.01. The van der Waals surface area contributed by atoms with E-state index in [2.05, 4.69) is 22.1 Å². The Morgan fingerprint density at radius 3 is 2.73 bits per heavy atom. The molecule has 1 aliphatic carbocycles. The Morgan fingerprint density at radius 1 is 1.31 bits per heavy atom. The van der Waals surface area contributed by atoms with Crippen LogP contribution in [0.2, 0.25) is 0 Å². The Bertz CT molecular complexity index is 887. The van der Waals surface area contributed by atoms with Crippen LogP contribution in [0.15, 0.2) is 35.1 Å². The maximum absolute atomic E-state index is 12.2. The zero-order valence-electron chi connectivity index (χ0n) is 14.8. The molecule has 0 saturated heterocycles. The van der Waals surface area contributed by atoms with Gasteiger partial charge in [-0.1, -0.05) is 6.92 Å². The van der Waals surface area contributed by atoms with Crippen LogP contribution in [-0.4, -0.2) is 28.8 Å². The lowest BCUT2D eigenvalue weighted by Gasteiger charge is -2.20. The van der Waals surface area contributed by atoms with Gasteiger partial charge in [-0.2, -0.15) is 5.10 Å². The van der Waals surface area contributed by atoms with Crippen molar-refractivity contribution < 1.29 is 14.3 Å². The molecule has 2 aromatic rings. The van der Waals surface area contributed by atoms with Gasteiger partial charge in [0.15, 0.2) is 0 Å². The number of amides is 1. The molecule has 0 aliphatic heterocycles. The number of nitrogens with zero attached hydrogens (tertiary/aromatic N) is 2. The minimum absolute atomic E-state index is 0.152. The molecule has 0 unspecified atom stereocenters.